The predicted molar refractivity (Wildman–Crippen MR) is 100 cm³/mol. The number of rotatable bonds is 3. The Morgan fingerprint density at radius 1 is 1.00 bits per heavy atom. The van der Waals surface area contributed by atoms with E-state index in [-0.39, 0.29) is 17.1 Å². The summed E-state index contributed by atoms with van der Waals surface area (Å²) in [5.41, 5.74) is 0.904. The van der Waals surface area contributed by atoms with Crippen LogP contribution in [0.25, 0.3) is 10.8 Å². The lowest BCUT2D eigenvalue weighted by molar-refractivity contribution is 0.00578. The topological polar surface area (TPSA) is 47.6 Å². The van der Waals surface area contributed by atoms with Gasteiger partial charge in [0.25, 0.3) is 5.91 Å². The van der Waals surface area contributed by atoms with E-state index >= 15 is 0 Å². The Morgan fingerprint density at radius 2 is 1.60 bits per heavy atom. The van der Waals surface area contributed by atoms with Crippen LogP contribution in [0, 0.1) is 0 Å². The minimum Gasteiger partial charge on any atom is -0.399 e. The standard InChI is InChI=1S/C20H24BNO3/c1-19(2)20(3,4)25-21(24-19)17-12-11-16(18(23)22-13-9-10-13)14-7-5-6-8-15(14)17/h5-8,11-13H,9-10H2,1-4H3,(H,22,23). The highest BCUT2D eigenvalue weighted by atomic mass is 16.7. The van der Waals surface area contributed by atoms with Gasteiger partial charge in [-0.05, 0) is 62.8 Å². The van der Waals surface area contributed by atoms with Crippen molar-refractivity contribution < 1.29 is 14.1 Å². The third-order valence-electron chi connectivity index (χ3n) is 5.62. The van der Waals surface area contributed by atoms with Gasteiger partial charge in [-0.3, -0.25) is 4.79 Å². The second-order valence-electron chi connectivity index (χ2n) is 8.08. The van der Waals surface area contributed by atoms with Crippen LogP contribution in [0.3, 0.4) is 0 Å². The quantitative estimate of drug-likeness (QED) is 0.876. The Hall–Kier alpha value is -1.85. The average Bonchev–Trinajstić information content (AvgIpc) is 3.32. The first-order chi connectivity index (χ1) is 11.8. The summed E-state index contributed by atoms with van der Waals surface area (Å²) in [6.45, 7) is 8.19. The third kappa shape index (κ3) is 2.85. The molecule has 25 heavy (non-hydrogen) atoms. The lowest BCUT2D eigenvalue weighted by atomic mass is 9.75. The second kappa shape index (κ2) is 5.58. The summed E-state index contributed by atoms with van der Waals surface area (Å²) in [5.74, 6) is -0.000770. The molecule has 0 bridgehead atoms. The average molecular weight is 337 g/mol. The number of benzene rings is 2. The molecule has 1 aliphatic heterocycles. The van der Waals surface area contributed by atoms with Gasteiger partial charge in [0.15, 0.2) is 0 Å². The summed E-state index contributed by atoms with van der Waals surface area (Å²) in [7, 11) is -0.435. The maximum atomic E-state index is 12.6. The predicted octanol–water partition coefficient (Wildman–Crippen LogP) is 3.03. The first-order valence-electron chi connectivity index (χ1n) is 8.97. The maximum Gasteiger partial charge on any atom is 0.495 e. The van der Waals surface area contributed by atoms with Gasteiger partial charge in [0.2, 0.25) is 0 Å². The van der Waals surface area contributed by atoms with Crippen molar-refractivity contribution in [2.45, 2.75) is 57.8 Å². The molecular formula is C20H24BNO3. The van der Waals surface area contributed by atoms with Gasteiger partial charge in [-0.25, -0.2) is 0 Å². The van der Waals surface area contributed by atoms with Gasteiger partial charge in [0.05, 0.1) is 11.2 Å². The van der Waals surface area contributed by atoms with E-state index in [1.807, 2.05) is 64.1 Å². The van der Waals surface area contributed by atoms with Gasteiger partial charge in [0.1, 0.15) is 0 Å². The van der Waals surface area contributed by atoms with E-state index in [0.717, 1.165) is 29.1 Å². The fourth-order valence-corrected chi connectivity index (χ4v) is 3.19. The molecule has 4 rings (SSSR count). The van der Waals surface area contributed by atoms with Crippen molar-refractivity contribution >= 4 is 29.3 Å². The normalized spacial score (nSPS) is 21.5. The molecule has 2 aromatic carbocycles. The molecule has 2 aliphatic rings. The summed E-state index contributed by atoms with van der Waals surface area (Å²) >= 11 is 0. The van der Waals surface area contributed by atoms with Crippen molar-refractivity contribution in [2.75, 3.05) is 0 Å². The SMILES string of the molecule is CC1(C)OB(c2ccc(C(=O)NC3CC3)c3ccccc23)OC1(C)C. The van der Waals surface area contributed by atoms with E-state index in [0.29, 0.717) is 11.6 Å². The van der Waals surface area contributed by atoms with E-state index in [2.05, 4.69) is 5.32 Å². The summed E-state index contributed by atoms with van der Waals surface area (Å²) in [6.07, 6.45) is 2.16. The van der Waals surface area contributed by atoms with Crippen LogP contribution in [0.5, 0.6) is 0 Å². The van der Waals surface area contributed by atoms with E-state index in [1.165, 1.54) is 0 Å². The molecule has 5 heteroatoms. The van der Waals surface area contributed by atoms with Gasteiger partial charge < -0.3 is 14.6 Å². The number of hydrogen-bond donors (Lipinski definition) is 1. The lowest BCUT2D eigenvalue weighted by Gasteiger charge is -2.32. The Labute approximate surface area is 149 Å². The van der Waals surface area contributed by atoms with E-state index < -0.39 is 7.12 Å². The van der Waals surface area contributed by atoms with Crippen molar-refractivity contribution in [1.29, 1.82) is 0 Å². The largest absolute Gasteiger partial charge is 0.495 e. The molecule has 1 heterocycles. The third-order valence-corrected chi connectivity index (χ3v) is 5.62. The smallest absolute Gasteiger partial charge is 0.399 e. The fourth-order valence-electron chi connectivity index (χ4n) is 3.19. The number of hydrogen-bond acceptors (Lipinski definition) is 3. The van der Waals surface area contributed by atoms with Crippen molar-refractivity contribution in [2.24, 2.45) is 0 Å². The first kappa shape index (κ1) is 16.6. The number of fused-ring (bicyclic) bond motifs is 1. The summed E-state index contributed by atoms with van der Waals surface area (Å²) in [4.78, 5) is 12.6. The summed E-state index contributed by atoms with van der Waals surface area (Å²) in [5, 5.41) is 5.02. The number of carbonyl (C=O) groups excluding carboxylic acids is 1. The van der Waals surface area contributed by atoms with Crippen LogP contribution in [0.4, 0.5) is 0 Å². The second-order valence-corrected chi connectivity index (χ2v) is 8.08. The molecule has 2 aromatic rings. The van der Waals surface area contributed by atoms with Gasteiger partial charge in [-0.15, -0.1) is 0 Å². The van der Waals surface area contributed by atoms with Crippen molar-refractivity contribution in [3.8, 4) is 0 Å². The van der Waals surface area contributed by atoms with Gasteiger partial charge in [-0.2, -0.15) is 0 Å². The Bertz CT molecular complexity index is 826. The molecule has 1 amide bonds. The van der Waals surface area contributed by atoms with Crippen molar-refractivity contribution in [1.82, 2.24) is 5.32 Å². The lowest BCUT2D eigenvalue weighted by Crippen LogP contribution is -2.41. The van der Waals surface area contributed by atoms with Crippen molar-refractivity contribution in [3.05, 3.63) is 42.0 Å². The zero-order valence-electron chi connectivity index (χ0n) is 15.3. The molecule has 2 fully saturated rings. The summed E-state index contributed by atoms with van der Waals surface area (Å²) < 4.78 is 12.4. The van der Waals surface area contributed by atoms with E-state index in [4.69, 9.17) is 9.31 Å². The van der Waals surface area contributed by atoms with Gasteiger partial charge >= 0.3 is 7.12 Å². The van der Waals surface area contributed by atoms with Gasteiger partial charge in [-0.1, -0.05) is 30.3 Å². The van der Waals surface area contributed by atoms with Crippen molar-refractivity contribution in [3.63, 3.8) is 0 Å². The molecule has 4 nitrogen and oxygen atoms in total. The first-order valence-corrected chi connectivity index (χ1v) is 8.97. The molecule has 1 aliphatic carbocycles. The number of nitrogens with one attached hydrogen (secondary N) is 1. The fraction of sp³-hybridized carbons (Fsp3) is 0.450. The molecule has 130 valence electrons. The molecule has 1 saturated carbocycles. The Kier molecular flexibility index (Phi) is 3.71. The number of carbonyl (C=O) groups is 1. The molecule has 0 atom stereocenters. The van der Waals surface area contributed by atoms with Crippen LogP contribution in [-0.2, 0) is 9.31 Å². The molecule has 1 N–H and O–H groups in total. The van der Waals surface area contributed by atoms with Crippen LogP contribution in [0.2, 0.25) is 0 Å². The molecule has 0 unspecified atom stereocenters. The molecule has 0 spiro atoms. The van der Waals surface area contributed by atoms with E-state index in [9.17, 15) is 4.79 Å². The number of amides is 1. The van der Waals surface area contributed by atoms with Gasteiger partial charge in [0, 0.05) is 11.6 Å². The highest BCUT2D eigenvalue weighted by Gasteiger charge is 2.52. The van der Waals surface area contributed by atoms with Crippen LogP contribution in [-0.4, -0.2) is 30.3 Å². The summed E-state index contributed by atoms with van der Waals surface area (Å²) in [6, 6.07) is 12.2. The van der Waals surface area contributed by atoms with Crippen LogP contribution in [0.15, 0.2) is 36.4 Å². The van der Waals surface area contributed by atoms with E-state index in [1.54, 1.807) is 0 Å². The van der Waals surface area contributed by atoms with Crippen LogP contribution in [0.1, 0.15) is 50.9 Å². The molecular weight excluding hydrogens is 313 g/mol. The minimum absolute atomic E-state index is 0.000770. The molecule has 0 aromatic heterocycles. The van der Waals surface area contributed by atoms with Crippen LogP contribution >= 0.6 is 0 Å². The Balaban J connectivity index is 1.75. The minimum atomic E-state index is -0.435. The molecule has 1 saturated heterocycles. The molecule has 0 radical (unpaired) electrons. The zero-order valence-corrected chi connectivity index (χ0v) is 15.3. The zero-order chi connectivity index (χ0) is 17.8. The highest BCUT2D eigenvalue weighted by molar-refractivity contribution is 6.65. The maximum absolute atomic E-state index is 12.6. The van der Waals surface area contributed by atoms with Crippen LogP contribution < -0.4 is 10.8 Å². The highest BCUT2D eigenvalue weighted by Crippen LogP contribution is 2.37. The Morgan fingerprint density at radius 3 is 2.20 bits per heavy atom. The monoisotopic (exact) mass is 337 g/mol.